The van der Waals surface area contributed by atoms with Crippen molar-refractivity contribution in [3.8, 4) is 0 Å². The molecule has 1 saturated heterocycles. The van der Waals surface area contributed by atoms with E-state index in [2.05, 4.69) is 25.3 Å². The van der Waals surface area contributed by atoms with Crippen LogP contribution < -0.4 is 21.1 Å². The average molecular weight is 277 g/mol. The van der Waals surface area contributed by atoms with Crippen LogP contribution in [0.25, 0.3) is 0 Å². The molecule has 110 valence electrons. The molecule has 0 radical (unpaired) electrons. The first-order valence-electron chi connectivity index (χ1n) is 7.35. The van der Waals surface area contributed by atoms with Crippen LogP contribution in [0.4, 0.5) is 17.8 Å². The number of nitrogens with one attached hydrogen (secondary N) is 1. The molecule has 7 nitrogen and oxygen atoms in total. The Labute approximate surface area is 119 Å². The molecule has 3 rings (SSSR count). The van der Waals surface area contributed by atoms with Crippen molar-refractivity contribution in [2.75, 3.05) is 35.9 Å². The second-order valence-electron chi connectivity index (χ2n) is 5.89. The lowest BCUT2D eigenvalue weighted by atomic mass is 9.85. The molecule has 1 aromatic heterocycles. The van der Waals surface area contributed by atoms with Crippen LogP contribution in [0.2, 0.25) is 0 Å². The first-order chi connectivity index (χ1) is 9.69. The zero-order valence-corrected chi connectivity index (χ0v) is 12.2. The van der Waals surface area contributed by atoms with E-state index in [-0.39, 0.29) is 0 Å². The molecule has 2 atom stereocenters. The van der Waals surface area contributed by atoms with Gasteiger partial charge < -0.3 is 9.80 Å². The molecule has 1 aliphatic heterocycles. The summed E-state index contributed by atoms with van der Waals surface area (Å²) in [6.45, 7) is 1.04. The fraction of sp³-hybridized carbons (Fsp3) is 0.769. The molecule has 0 spiro atoms. The van der Waals surface area contributed by atoms with Crippen molar-refractivity contribution >= 4 is 17.8 Å². The highest BCUT2D eigenvalue weighted by Crippen LogP contribution is 2.38. The molecule has 1 aromatic rings. The number of rotatable bonds is 3. The third kappa shape index (κ3) is 2.37. The minimum atomic E-state index is 0.429. The lowest BCUT2D eigenvalue weighted by Crippen LogP contribution is -2.36. The average Bonchev–Trinajstić information content (AvgIpc) is 2.90. The van der Waals surface area contributed by atoms with Crippen LogP contribution in [0.3, 0.4) is 0 Å². The van der Waals surface area contributed by atoms with Gasteiger partial charge in [-0.05, 0) is 25.2 Å². The summed E-state index contributed by atoms with van der Waals surface area (Å²) in [5.74, 6) is 8.11. The maximum Gasteiger partial charge on any atom is 0.243 e. The van der Waals surface area contributed by atoms with Crippen molar-refractivity contribution in [3.05, 3.63) is 0 Å². The van der Waals surface area contributed by atoms with E-state index < -0.39 is 0 Å². The topological polar surface area (TPSA) is 83.2 Å². The van der Waals surface area contributed by atoms with E-state index in [0.717, 1.165) is 18.4 Å². The monoisotopic (exact) mass is 277 g/mol. The van der Waals surface area contributed by atoms with Gasteiger partial charge in [0.1, 0.15) is 0 Å². The molecule has 0 amide bonds. The highest BCUT2D eigenvalue weighted by atomic mass is 15.4. The Bertz CT molecular complexity index is 476. The van der Waals surface area contributed by atoms with Crippen molar-refractivity contribution in [1.29, 1.82) is 0 Å². The number of hydrazine groups is 1. The van der Waals surface area contributed by atoms with Crippen molar-refractivity contribution in [2.24, 2.45) is 11.8 Å². The largest absolute Gasteiger partial charge is 0.347 e. The van der Waals surface area contributed by atoms with Gasteiger partial charge in [-0.25, -0.2) is 5.84 Å². The Morgan fingerprint density at radius 2 is 1.95 bits per heavy atom. The maximum absolute atomic E-state index is 5.48. The lowest BCUT2D eigenvalue weighted by Gasteiger charge is -2.31. The van der Waals surface area contributed by atoms with Gasteiger partial charge in [-0.2, -0.15) is 15.0 Å². The molecule has 2 fully saturated rings. The standard InChI is InChI=1S/C13H23N7/c1-19(2)12-15-11(18-14)16-13(17-12)20-8-7-9-5-3-4-6-10(9)20/h9-10H,3-8,14H2,1-2H3,(H,15,16,17,18). The quantitative estimate of drug-likeness (QED) is 0.629. The van der Waals surface area contributed by atoms with Crippen molar-refractivity contribution in [2.45, 2.75) is 38.1 Å². The van der Waals surface area contributed by atoms with Gasteiger partial charge in [0, 0.05) is 26.7 Å². The molecule has 2 heterocycles. The molecule has 0 bridgehead atoms. The number of nitrogens with zero attached hydrogens (tertiary/aromatic N) is 5. The van der Waals surface area contributed by atoms with Crippen LogP contribution in [0.1, 0.15) is 32.1 Å². The summed E-state index contributed by atoms with van der Waals surface area (Å²) in [4.78, 5) is 17.5. The Balaban J connectivity index is 1.91. The number of aromatic nitrogens is 3. The summed E-state index contributed by atoms with van der Waals surface area (Å²) in [6.07, 6.45) is 6.52. The van der Waals surface area contributed by atoms with E-state index in [4.69, 9.17) is 5.84 Å². The van der Waals surface area contributed by atoms with Crippen LogP contribution in [0, 0.1) is 5.92 Å². The second-order valence-corrected chi connectivity index (χ2v) is 5.89. The molecule has 0 aromatic carbocycles. The van der Waals surface area contributed by atoms with Gasteiger partial charge >= 0.3 is 0 Å². The van der Waals surface area contributed by atoms with Crippen LogP contribution in [0.15, 0.2) is 0 Å². The SMILES string of the molecule is CN(C)c1nc(NN)nc(N2CCC3CCCCC32)n1. The first-order valence-corrected chi connectivity index (χ1v) is 7.35. The lowest BCUT2D eigenvalue weighted by molar-refractivity contribution is 0.341. The molecular formula is C13H23N7. The normalized spacial score (nSPS) is 25.4. The molecule has 3 N–H and O–H groups in total. The van der Waals surface area contributed by atoms with Gasteiger partial charge in [-0.1, -0.05) is 12.8 Å². The summed E-state index contributed by atoms with van der Waals surface area (Å²) in [6, 6.07) is 0.590. The molecule has 2 aliphatic rings. The van der Waals surface area contributed by atoms with Crippen LogP contribution in [0.5, 0.6) is 0 Å². The van der Waals surface area contributed by atoms with Crippen molar-refractivity contribution < 1.29 is 0 Å². The minimum absolute atomic E-state index is 0.429. The Hall–Kier alpha value is -1.63. The fourth-order valence-corrected chi connectivity index (χ4v) is 3.40. The molecular weight excluding hydrogens is 254 g/mol. The van der Waals surface area contributed by atoms with Gasteiger partial charge in [0.15, 0.2) is 0 Å². The predicted octanol–water partition coefficient (Wildman–Crippen LogP) is 0.992. The zero-order chi connectivity index (χ0) is 14.1. The van der Waals surface area contributed by atoms with Crippen LogP contribution in [-0.2, 0) is 0 Å². The van der Waals surface area contributed by atoms with E-state index >= 15 is 0 Å². The number of hydrogen-bond acceptors (Lipinski definition) is 7. The molecule has 2 unspecified atom stereocenters. The number of nitrogens with two attached hydrogens (primary N) is 1. The predicted molar refractivity (Wildman–Crippen MR) is 79.7 cm³/mol. The van der Waals surface area contributed by atoms with Gasteiger partial charge in [-0.15, -0.1) is 0 Å². The third-order valence-electron chi connectivity index (χ3n) is 4.41. The van der Waals surface area contributed by atoms with E-state index in [1.807, 2.05) is 19.0 Å². The number of anilines is 3. The van der Waals surface area contributed by atoms with Gasteiger partial charge in [0.25, 0.3) is 0 Å². The molecule has 20 heavy (non-hydrogen) atoms. The van der Waals surface area contributed by atoms with Crippen molar-refractivity contribution in [1.82, 2.24) is 15.0 Å². The number of nitrogen functional groups attached to an aromatic ring is 1. The van der Waals surface area contributed by atoms with E-state index in [1.165, 1.54) is 32.1 Å². The van der Waals surface area contributed by atoms with Crippen molar-refractivity contribution in [3.63, 3.8) is 0 Å². The first kappa shape index (κ1) is 13.4. The summed E-state index contributed by atoms with van der Waals surface area (Å²) in [5.41, 5.74) is 2.54. The van der Waals surface area contributed by atoms with E-state index in [9.17, 15) is 0 Å². The summed E-state index contributed by atoms with van der Waals surface area (Å²) >= 11 is 0. The van der Waals surface area contributed by atoms with Gasteiger partial charge in [0.05, 0.1) is 0 Å². The smallest absolute Gasteiger partial charge is 0.243 e. The van der Waals surface area contributed by atoms with Crippen LogP contribution in [-0.4, -0.2) is 41.6 Å². The fourth-order valence-electron chi connectivity index (χ4n) is 3.40. The molecule has 7 heteroatoms. The minimum Gasteiger partial charge on any atom is -0.347 e. The molecule has 1 aliphatic carbocycles. The Morgan fingerprint density at radius 1 is 1.15 bits per heavy atom. The number of hydrogen-bond donors (Lipinski definition) is 2. The number of fused-ring (bicyclic) bond motifs is 1. The highest BCUT2D eigenvalue weighted by molar-refractivity contribution is 5.45. The molecule has 1 saturated carbocycles. The third-order valence-corrected chi connectivity index (χ3v) is 4.41. The van der Waals surface area contributed by atoms with Crippen LogP contribution >= 0.6 is 0 Å². The van der Waals surface area contributed by atoms with Gasteiger partial charge in [0.2, 0.25) is 17.8 Å². The Kier molecular flexibility index (Phi) is 3.60. The maximum atomic E-state index is 5.48. The van der Waals surface area contributed by atoms with E-state index in [1.54, 1.807) is 0 Å². The zero-order valence-electron chi connectivity index (χ0n) is 12.2. The van der Waals surface area contributed by atoms with Gasteiger partial charge in [-0.3, -0.25) is 5.43 Å². The van der Waals surface area contributed by atoms with E-state index in [0.29, 0.717) is 17.9 Å². The summed E-state index contributed by atoms with van der Waals surface area (Å²) < 4.78 is 0. The summed E-state index contributed by atoms with van der Waals surface area (Å²) in [5, 5.41) is 0. The second kappa shape index (κ2) is 5.40. The summed E-state index contributed by atoms with van der Waals surface area (Å²) in [7, 11) is 3.85. The highest BCUT2D eigenvalue weighted by Gasteiger charge is 2.37. The Morgan fingerprint density at radius 3 is 2.70 bits per heavy atom.